The number of carboxylic acid groups (broad SMARTS) is 1. The Morgan fingerprint density at radius 1 is 0.520 bits per heavy atom. The molecule has 0 saturated carbocycles. The van der Waals surface area contributed by atoms with Crippen LogP contribution in [0, 0.1) is 0 Å². The molecule has 2 unspecified atom stereocenters. The van der Waals surface area contributed by atoms with Crippen molar-refractivity contribution in [3.05, 3.63) is 202 Å². The van der Waals surface area contributed by atoms with E-state index in [0.717, 1.165) is 117 Å². The number of esters is 1. The number of aliphatic carboxylic acids is 1. The van der Waals surface area contributed by atoms with Gasteiger partial charge in [-0.05, 0) is 169 Å². The topological polar surface area (TPSA) is 137 Å². The predicted octanol–water partition coefficient (Wildman–Crippen LogP) is 11.2. The Hall–Kier alpha value is -1.14. The molecule has 2 atom stereocenters. The van der Waals surface area contributed by atoms with Gasteiger partial charge in [0.25, 0.3) is 0 Å². The Labute approximate surface area is 709 Å². The molecule has 2 aliphatic heterocycles. The zero-order valence-corrected chi connectivity index (χ0v) is 74.7. The molecular formula is C71H85Br8Cl5FN4NaO10+2. The second kappa shape index (κ2) is 49.7. The van der Waals surface area contributed by atoms with Crippen molar-refractivity contribution in [1.82, 2.24) is 0 Å². The molecule has 14 nitrogen and oxygen atoms in total. The molecule has 0 spiro atoms. The van der Waals surface area contributed by atoms with Crippen LogP contribution < -0.4 is 68.6 Å². The van der Waals surface area contributed by atoms with E-state index in [4.69, 9.17) is 78.3 Å². The van der Waals surface area contributed by atoms with Crippen LogP contribution in [0.15, 0.2) is 148 Å². The first-order chi connectivity index (χ1) is 46.7. The summed E-state index contributed by atoms with van der Waals surface area (Å²) in [6.45, 7) is 11.7. The number of piperidine rings is 2. The predicted molar refractivity (Wildman–Crippen MR) is 404 cm³/mol. The standard InChI is InChI=1S/C35H41Br3Cl2N2O5.C19H20BrCl3NO3.C16H21Br2NO2.CH3F.2BrH.Na/c1-41(22-26-10-13-29(36)14-11-26,24-28-7-5-8-32(39)34(28)40)19-20-45-35(44)47-25-46-33(43)9-6-18-42(16-3-2-4-17-42)23-27-12-15-30(37)31(38)21-27;1-24(9-10-26-19(25)27-13-21,11-14-5-7-16(20)8-6-14)12-15-3-2-4-17(22)18(15)23;17-14-7-6-13(11-15(14)18)12-19(8-2-1-3-9-19)10-4-5-16(20)21;1-2;;;/h5,7-8,10-15,21H,2-4,6,9,16-20,22-25H2,1H3;2-8H,9-13H2,1H3;6-7,11H,1-5,8-10,12H2;1H3;2*1H;/q+2;+1;;;;;+1/p-2/i;;;1D;;;. The van der Waals surface area contributed by atoms with Crippen molar-refractivity contribution >= 4 is 178 Å². The van der Waals surface area contributed by atoms with Crippen molar-refractivity contribution < 1.29 is 135 Å². The summed E-state index contributed by atoms with van der Waals surface area (Å²) >= 11 is 51.9. The molecule has 2 heterocycles. The first-order valence-electron chi connectivity index (χ1n) is 32.4. The van der Waals surface area contributed by atoms with Gasteiger partial charge in [0.1, 0.15) is 65.6 Å². The maximum Gasteiger partial charge on any atom is 1.00 e. The molecule has 0 aliphatic carbocycles. The van der Waals surface area contributed by atoms with Gasteiger partial charge in [0, 0.05) is 79.0 Å². The molecule has 0 N–H and O–H groups in total. The number of ether oxygens (including phenoxy) is 5. The smallest absolute Gasteiger partial charge is 1.00 e. The zero-order chi connectivity index (χ0) is 71.7. The fraction of sp³-hybridized carbons (Fsp3) is 0.437. The summed E-state index contributed by atoms with van der Waals surface area (Å²) in [6, 6.07) is 39.9. The minimum Gasteiger partial charge on any atom is -1.00 e. The number of likely N-dealkylation sites (tertiary alicyclic amines) is 2. The molecule has 6 aromatic rings. The molecule has 29 heteroatoms. The number of alkyl halides is 2. The minimum atomic E-state index is -1.00. The normalized spacial score (nSPS) is 14.7. The van der Waals surface area contributed by atoms with Gasteiger partial charge in [-0.25, -0.2) is 9.59 Å². The summed E-state index contributed by atoms with van der Waals surface area (Å²) in [6.07, 6.45) is 7.59. The van der Waals surface area contributed by atoms with E-state index in [-0.39, 0.29) is 95.6 Å². The van der Waals surface area contributed by atoms with Crippen molar-refractivity contribution in [2.45, 2.75) is 103 Å². The average Bonchev–Trinajstić information content (AvgIpc) is 0.853. The van der Waals surface area contributed by atoms with Gasteiger partial charge in [0.2, 0.25) is 6.79 Å². The molecule has 2 aliphatic rings. The van der Waals surface area contributed by atoms with Crippen LogP contribution in [0.4, 0.5) is 14.0 Å². The van der Waals surface area contributed by atoms with Crippen LogP contribution in [0.25, 0.3) is 0 Å². The quantitative estimate of drug-likeness (QED) is 0.0111. The van der Waals surface area contributed by atoms with Crippen LogP contribution in [0.3, 0.4) is 0 Å². The number of nitrogens with zero attached hydrogens (tertiary/aromatic N) is 4. The first kappa shape index (κ1) is 93.1. The van der Waals surface area contributed by atoms with Crippen LogP contribution in [0.1, 0.15) is 99.0 Å². The van der Waals surface area contributed by atoms with Gasteiger partial charge in [-0.3, -0.25) is 9.18 Å². The second-order valence-electron chi connectivity index (χ2n) is 24.8. The number of carbonyl (C=O) groups is 4. The van der Waals surface area contributed by atoms with Gasteiger partial charge >= 0.3 is 47.8 Å². The fourth-order valence-electron chi connectivity index (χ4n) is 12.2. The van der Waals surface area contributed by atoms with Crippen LogP contribution in [-0.4, -0.2) is 142 Å². The molecule has 546 valence electrons. The number of carboxylic acids is 1. The Morgan fingerprint density at radius 2 is 0.900 bits per heavy atom. The summed E-state index contributed by atoms with van der Waals surface area (Å²) < 4.78 is 50.1. The van der Waals surface area contributed by atoms with Gasteiger partial charge in [0.05, 0.1) is 88.4 Å². The Bertz CT molecular complexity index is 3500. The molecule has 0 amide bonds. The van der Waals surface area contributed by atoms with Crippen molar-refractivity contribution in [1.29, 1.82) is 0 Å². The summed E-state index contributed by atoms with van der Waals surface area (Å²) in [5, 5.41) is 12.7. The van der Waals surface area contributed by atoms with E-state index in [1.807, 2.05) is 48.5 Å². The van der Waals surface area contributed by atoms with Crippen LogP contribution in [0.2, 0.25) is 20.1 Å². The SMILES string of the molecule is C[N+](CCOC(=O)OCCl)(Cc1ccc(Br)cc1)Cc1cccc(Cl)c1Cl.C[N+](CCOC(=O)OCOC(=O)CCC[N+]1(Cc2ccc(Br)c(Br)c2)CCCCC1)(Cc1ccc(Br)cc1)Cc1cccc(Cl)c1Cl.O=C([O-])CCC[N+]1(Cc2ccc(Br)c(Br)c2)CCCCC1.[2H]CF.[Br-].[Br-].[Na+]. The summed E-state index contributed by atoms with van der Waals surface area (Å²) in [5.41, 5.74) is 6.70. The number of rotatable bonds is 29. The molecule has 8 rings (SSSR count). The van der Waals surface area contributed by atoms with Crippen LogP contribution in [-0.2, 0) is 72.5 Å². The van der Waals surface area contributed by atoms with Gasteiger partial charge in [-0.15, -0.1) is 0 Å². The summed E-state index contributed by atoms with van der Waals surface area (Å²) in [7, 11) is 3.15. The average molecular weight is 2010 g/mol. The number of hydrogen-bond acceptors (Lipinski definition) is 10. The third kappa shape index (κ3) is 34.8. The van der Waals surface area contributed by atoms with E-state index < -0.39 is 38.2 Å². The van der Waals surface area contributed by atoms with E-state index in [2.05, 4.69) is 175 Å². The molecule has 6 aromatic carbocycles. The molecule has 0 radical (unpaired) electrons. The van der Waals surface area contributed by atoms with Crippen molar-refractivity contribution in [2.24, 2.45) is 0 Å². The number of benzene rings is 6. The fourth-order valence-corrected chi connectivity index (χ4v) is 14.9. The van der Waals surface area contributed by atoms with Crippen LogP contribution in [0.5, 0.6) is 0 Å². The number of halogens is 14. The van der Waals surface area contributed by atoms with E-state index in [0.29, 0.717) is 74.6 Å². The largest absolute Gasteiger partial charge is 1.00 e. The van der Waals surface area contributed by atoms with Gasteiger partial charge in [-0.2, -0.15) is 0 Å². The van der Waals surface area contributed by atoms with E-state index >= 15 is 0 Å². The third-order valence-corrected chi connectivity index (χ3v) is 23.6. The molecule has 0 bridgehead atoms. The number of likely N-dealkylation sites (N-methyl/N-ethyl adjacent to an activating group) is 2. The summed E-state index contributed by atoms with van der Waals surface area (Å²) in [5.74, 6) is -1.33. The third-order valence-electron chi connectivity index (χ3n) is 17.0. The van der Waals surface area contributed by atoms with Crippen LogP contribution >= 0.6 is 154 Å². The number of quaternary nitrogens is 4. The second-order valence-corrected chi connectivity index (χ2v) is 31.8. The molecule has 2 saturated heterocycles. The van der Waals surface area contributed by atoms with Crippen molar-refractivity contribution in [3.63, 3.8) is 0 Å². The molecule has 2 fully saturated rings. The van der Waals surface area contributed by atoms with E-state index in [1.54, 1.807) is 12.1 Å². The first-order valence-corrected chi connectivity index (χ1v) is 38.5. The zero-order valence-electron chi connectivity index (χ0n) is 57.2. The molecular weight excluding hydrogens is 1930 g/mol. The Kier molecular flexibility index (Phi) is 46.3. The van der Waals surface area contributed by atoms with Gasteiger partial charge < -0.3 is 85.5 Å². The maximum absolute atomic E-state index is 12.5. The number of carbonyl (C=O) groups excluding carboxylic acids is 4. The Morgan fingerprint density at radius 3 is 1.28 bits per heavy atom. The minimum absolute atomic E-state index is 0. The number of hydrogen-bond donors (Lipinski definition) is 0. The Balaban J connectivity index is 0.000000544. The van der Waals surface area contributed by atoms with E-state index in [1.165, 1.54) is 49.7 Å². The maximum atomic E-state index is 12.5. The summed E-state index contributed by atoms with van der Waals surface area (Å²) in [4.78, 5) is 46.9. The van der Waals surface area contributed by atoms with Gasteiger partial charge in [0.15, 0.2) is 6.07 Å². The monoisotopic (exact) mass is 2000 g/mol. The van der Waals surface area contributed by atoms with E-state index in [9.17, 15) is 28.7 Å². The van der Waals surface area contributed by atoms with Crippen molar-refractivity contribution in [2.75, 3.05) is 99.7 Å². The molecule has 0 aromatic heterocycles. The molecule has 100 heavy (non-hydrogen) atoms. The van der Waals surface area contributed by atoms with Gasteiger partial charge in [-0.1, -0.05) is 151 Å². The van der Waals surface area contributed by atoms with Crippen molar-refractivity contribution in [3.8, 4) is 0 Å².